The molecule has 28 heavy (non-hydrogen) atoms. The lowest BCUT2D eigenvalue weighted by molar-refractivity contribution is -0.124. The zero-order chi connectivity index (χ0) is 19.8. The molecule has 7 heteroatoms. The lowest BCUT2D eigenvalue weighted by Gasteiger charge is -2.12. The smallest absolute Gasteiger partial charge is 0.244 e. The molecule has 1 amide bonds. The minimum absolute atomic E-state index is 0.139. The molecule has 1 aromatic heterocycles. The SMILES string of the molecule is CC(C(=O)NCCCc1cccc(F)c1)n1cc(COc2ccccc2)nn1. The van der Waals surface area contributed by atoms with E-state index >= 15 is 0 Å². The predicted molar refractivity (Wildman–Crippen MR) is 103 cm³/mol. The van der Waals surface area contributed by atoms with Crippen LogP contribution < -0.4 is 10.1 Å². The zero-order valence-corrected chi connectivity index (χ0v) is 15.7. The van der Waals surface area contributed by atoms with Crippen LogP contribution in [0.2, 0.25) is 0 Å². The number of rotatable bonds is 9. The average Bonchev–Trinajstić information content (AvgIpc) is 3.19. The number of carbonyl (C=O) groups is 1. The highest BCUT2D eigenvalue weighted by molar-refractivity contribution is 5.79. The highest BCUT2D eigenvalue weighted by atomic mass is 19.1. The molecule has 0 bridgehead atoms. The van der Waals surface area contributed by atoms with Crippen molar-refractivity contribution in [2.45, 2.75) is 32.4 Å². The van der Waals surface area contributed by atoms with Gasteiger partial charge in [0.15, 0.2) is 0 Å². The fourth-order valence-corrected chi connectivity index (χ4v) is 2.71. The van der Waals surface area contributed by atoms with Gasteiger partial charge in [-0.2, -0.15) is 0 Å². The molecular formula is C21H23FN4O2. The molecular weight excluding hydrogens is 359 g/mol. The molecule has 0 radical (unpaired) electrons. The van der Waals surface area contributed by atoms with Gasteiger partial charge in [-0.3, -0.25) is 4.79 Å². The summed E-state index contributed by atoms with van der Waals surface area (Å²) in [7, 11) is 0. The van der Waals surface area contributed by atoms with E-state index < -0.39 is 6.04 Å². The normalized spacial score (nSPS) is 11.8. The first-order chi connectivity index (χ1) is 13.6. The standard InChI is InChI=1S/C21H23FN4O2/c1-16(21(27)23-12-6-8-17-7-5-9-18(22)13-17)26-14-19(24-25-26)15-28-20-10-3-2-4-11-20/h2-5,7,9-11,13-14,16H,6,8,12,15H2,1H3,(H,23,27). The summed E-state index contributed by atoms with van der Waals surface area (Å²) in [5.74, 6) is 0.370. The largest absolute Gasteiger partial charge is 0.487 e. The molecule has 6 nitrogen and oxygen atoms in total. The lowest BCUT2D eigenvalue weighted by Crippen LogP contribution is -2.32. The molecule has 0 spiro atoms. The van der Waals surface area contributed by atoms with Crippen molar-refractivity contribution in [1.82, 2.24) is 20.3 Å². The molecule has 1 atom stereocenters. The van der Waals surface area contributed by atoms with Crippen LogP contribution in [0, 0.1) is 5.82 Å². The number of benzene rings is 2. The van der Waals surface area contributed by atoms with Crippen LogP contribution in [0.4, 0.5) is 4.39 Å². The van der Waals surface area contributed by atoms with Crippen LogP contribution in [0.1, 0.15) is 30.6 Å². The summed E-state index contributed by atoms with van der Waals surface area (Å²) in [6.45, 7) is 2.56. The maximum absolute atomic E-state index is 13.2. The van der Waals surface area contributed by atoms with Crippen LogP contribution in [0.5, 0.6) is 5.75 Å². The van der Waals surface area contributed by atoms with Crippen molar-refractivity contribution in [2.75, 3.05) is 6.54 Å². The zero-order valence-electron chi connectivity index (χ0n) is 15.7. The third kappa shape index (κ3) is 5.64. The van der Waals surface area contributed by atoms with E-state index in [1.807, 2.05) is 36.4 Å². The Labute approximate surface area is 163 Å². The number of aromatic nitrogens is 3. The second kappa shape index (κ2) is 9.64. The molecule has 0 aliphatic heterocycles. The van der Waals surface area contributed by atoms with Crippen LogP contribution in [0.15, 0.2) is 60.8 Å². The summed E-state index contributed by atoms with van der Waals surface area (Å²) in [5, 5.41) is 11.0. The Morgan fingerprint density at radius 2 is 2.04 bits per heavy atom. The molecule has 0 saturated heterocycles. The second-order valence-corrected chi connectivity index (χ2v) is 6.49. The summed E-state index contributed by atoms with van der Waals surface area (Å²) in [6, 6.07) is 15.5. The first-order valence-electron chi connectivity index (χ1n) is 9.22. The first-order valence-corrected chi connectivity index (χ1v) is 9.22. The van der Waals surface area contributed by atoms with Gasteiger partial charge in [-0.05, 0) is 49.6 Å². The van der Waals surface area contributed by atoms with E-state index in [1.54, 1.807) is 19.2 Å². The highest BCUT2D eigenvalue weighted by Crippen LogP contribution is 2.12. The van der Waals surface area contributed by atoms with Crippen molar-refractivity contribution < 1.29 is 13.9 Å². The van der Waals surface area contributed by atoms with Crippen LogP contribution in [0.3, 0.4) is 0 Å². The quantitative estimate of drug-likeness (QED) is 0.577. The third-order valence-corrected chi connectivity index (χ3v) is 4.29. The minimum Gasteiger partial charge on any atom is -0.487 e. The number of hydrogen-bond donors (Lipinski definition) is 1. The monoisotopic (exact) mass is 382 g/mol. The number of hydrogen-bond acceptors (Lipinski definition) is 4. The van der Waals surface area contributed by atoms with Crippen LogP contribution in [-0.4, -0.2) is 27.4 Å². The van der Waals surface area contributed by atoms with E-state index in [1.165, 1.54) is 16.8 Å². The van der Waals surface area contributed by atoms with E-state index in [4.69, 9.17) is 4.74 Å². The van der Waals surface area contributed by atoms with Gasteiger partial charge in [0.2, 0.25) is 5.91 Å². The Bertz CT molecular complexity index is 898. The molecule has 3 aromatic rings. The summed E-state index contributed by atoms with van der Waals surface area (Å²) >= 11 is 0. The number of para-hydroxylation sites is 1. The number of ether oxygens (including phenoxy) is 1. The van der Waals surface area contributed by atoms with Crippen molar-refractivity contribution >= 4 is 5.91 Å². The van der Waals surface area contributed by atoms with Crippen LogP contribution >= 0.6 is 0 Å². The van der Waals surface area contributed by atoms with E-state index in [9.17, 15) is 9.18 Å². The number of nitrogens with zero attached hydrogens (tertiary/aromatic N) is 3. The highest BCUT2D eigenvalue weighted by Gasteiger charge is 2.16. The van der Waals surface area contributed by atoms with Crippen molar-refractivity contribution in [1.29, 1.82) is 0 Å². The van der Waals surface area contributed by atoms with E-state index in [0.717, 1.165) is 17.7 Å². The van der Waals surface area contributed by atoms with E-state index in [-0.39, 0.29) is 18.3 Å². The van der Waals surface area contributed by atoms with E-state index in [2.05, 4.69) is 15.6 Å². The predicted octanol–water partition coefficient (Wildman–Crippen LogP) is 3.31. The maximum atomic E-state index is 13.2. The third-order valence-electron chi connectivity index (χ3n) is 4.29. The van der Waals surface area contributed by atoms with Gasteiger partial charge < -0.3 is 10.1 Å². The molecule has 0 aliphatic carbocycles. The maximum Gasteiger partial charge on any atom is 0.244 e. The summed E-state index contributed by atoms with van der Waals surface area (Å²) in [4.78, 5) is 12.3. The van der Waals surface area contributed by atoms with Gasteiger partial charge in [0.05, 0.1) is 6.20 Å². The van der Waals surface area contributed by atoms with Crippen LogP contribution in [0.25, 0.3) is 0 Å². The van der Waals surface area contributed by atoms with Crippen molar-refractivity contribution in [3.63, 3.8) is 0 Å². The average molecular weight is 382 g/mol. The minimum atomic E-state index is -0.479. The molecule has 1 N–H and O–H groups in total. The number of nitrogens with one attached hydrogen (secondary N) is 1. The molecule has 146 valence electrons. The molecule has 0 fully saturated rings. The van der Waals surface area contributed by atoms with Gasteiger partial charge in [-0.15, -0.1) is 5.10 Å². The van der Waals surface area contributed by atoms with Crippen molar-refractivity contribution in [3.8, 4) is 5.75 Å². The summed E-state index contributed by atoms with van der Waals surface area (Å²) < 4.78 is 20.3. The van der Waals surface area contributed by atoms with E-state index in [0.29, 0.717) is 18.7 Å². The van der Waals surface area contributed by atoms with Gasteiger partial charge in [0, 0.05) is 6.54 Å². The molecule has 1 heterocycles. The lowest BCUT2D eigenvalue weighted by atomic mass is 10.1. The first kappa shape index (κ1) is 19.5. The van der Waals surface area contributed by atoms with Gasteiger partial charge >= 0.3 is 0 Å². The Balaban J connectivity index is 1.42. The van der Waals surface area contributed by atoms with Gasteiger partial charge in [0.25, 0.3) is 0 Å². The molecule has 0 aliphatic rings. The van der Waals surface area contributed by atoms with Gasteiger partial charge in [-0.1, -0.05) is 35.5 Å². The summed E-state index contributed by atoms with van der Waals surface area (Å²) in [6.07, 6.45) is 3.14. The molecule has 3 rings (SSSR count). The Morgan fingerprint density at radius 3 is 2.82 bits per heavy atom. The number of carbonyl (C=O) groups excluding carboxylic acids is 1. The van der Waals surface area contributed by atoms with Gasteiger partial charge in [0.1, 0.15) is 29.9 Å². The fourth-order valence-electron chi connectivity index (χ4n) is 2.71. The number of aryl methyl sites for hydroxylation is 1. The Morgan fingerprint density at radius 1 is 1.21 bits per heavy atom. The van der Waals surface area contributed by atoms with Crippen molar-refractivity contribution in [3.05, 3.63) is 77.9 Å². The fraction of sp³-hybridized carbons (Fsp3) is 0.286. The molecule has 1 unspecified atom stereocenters. The van der Waals surface area contributed by atoms with Gasteiger partial charge in [-0.25, -0.2) is 9.07 Å². The number of halogens is 1. The van der Waals surface area contributed by atoms with Crippen molar-refractivity contribution in [2.24, 2.45) is 0 Å². The summed E-state index contributed by atoms with van der Waals surface area (Å²) in [5.41, 5.74) is 1.57. The Hall–Kier alpha value is -3.22. The Kier molecular flexibility index (Phi) is 6.73. The molecule has 0 saturated carbocycles. The van der Waals surface area contributed by atoms with Crippen LogP contribution in [-0.2, 0) is 17.8 Å². The topological polar surface area (TPSA) is 69.0 Å². The second-order valence-electron chi connectivity index (χ2n) is 6.49. The number of amides is 1. The molecule has 2 aromatic carbocycles.